The van der Waals surface area contributed by atoms with E-state index in [1.165, 1.54) is 0 Å². The van der Waals surface area contributed by atoms with Crippen molar-refractivity contribution in [2.45, 2.75) is 11.8 Å². The molecular weight excluding hydrogens is 406 g/mol. The summed E-state index contributed by atoms with van der Waals surface area (Å²) < 4.78 is 5.81. The molecule has 4 rings (SSSR count). The average molecular weight is 426 g/mol. The number of hydrogen-bond donors (Lipinski definition) is 2. The van der Waals surface area contributed by atoms with Gasteiger partial charge in [-0.3, -0.25) is 4.79 Å². The number of H-pyrrole nitrogens is 1. The van der Waals surface area contributed by atoms with Crippen LogP contribution < -0.4 is 10.1 Å². The highest BCUT2D eigenvalue weighted by molar-refractivity contribution is 7.98. The Morgan fingerprint density at radius 3 is 2.62 bits per heavy atom. The van der Waals surface area contributed by atoms with Crippen molar-refractivity contribution in [3.63, 3.8) is 0 Å². The molecule has 7 heteroatoms. The number of para-hydroxylation sites is 1. The normalized spacial score (nSPS) is 10.4. The number of hydrogen-bond acceptors (Lipinski definition) is 4. The number of imidazole rings is 1. The lowest BCUT2D eigenvalue weighted by atomic mass is 10.1. The van der Waals surface area contributed by atoms with E-state index in [1.54, 1.807) is 17.8 Å². The summed E-state index contributed by atoms with van der Waals surface area (Å²) >= 11 is 1.55. The zero-order valence-corrected chi connectivity index (χ0v) is 17.3. The second kappa shape index (κ2) is 9.49. The molecule has 29 heavy (non-hydrogen) atoms. The minimum atomic E-state index is -0.170. The van der Waals surface area contributed by atoms with Gasteiger partial charge in [-0.1, -0.05) is 48.2 Å². The van der Waals surface area contributed by atoms with Crippen molar-refractivity contribution in [1.82, 2.24) is 9.97 Å². The van der Waals surface area contributed by atoms with Gasteiger partial charge in [-0.2, -0.15) is 0 Å². The van der Waals surface area contributed by atoms with Gasteiger partial charge < -0.3 is 15.0 Å². The van der Waals surface area contributed by atoms with Crippen molar-refractivity contribution in [3.05, 3.63) is 83.9 Å². The Morgan fingerprint density at radius 2 is 1.83 bits per heavy atom. The maximum atomic E-state index is 12.8. The van der Waals surface area contributed by atoms with E-state index >= 15 is 0 Å². The molecule has 148 valence electrons. The maximum Gasteiger partial charge on any atom is 0.256 e. The molecule has 1 amide bonds. The van der Waals surface area contributed by atoms with Gasteiger partial charge in [0.2, 0.25) is 0 Å². The van der Waals surface area contributed by atoms with Crippen LogP contribution in [-0.4, -0.2) is 22.1 Å². The second-order valence-electron chi connectivity index (χ2n) is 6.19. The summed E-state index contributed by atoms with van der Waals surface area (Å²) in [5.74, 6) is 0.600. The van der Waals surface area contributed by atoms with E-state index < -0.39 is 0 Å². The predicted molar refractivity (Wildman–Crippen MR) is 120 cm³/mol. The second-order valence-corrected chi connectivity index (χ2v) is 6.99. The van der Waals surface area contributed by atoms with Gasteiger partial charge >= 0.3 is 0 Å². The number of carbonyl (C=O) groups is 1. The van der Waals surface area contributed by atoms with Crippen LogP contribution in [0.3, 0.4) is 0 Å². The van der Waals surface area contributed by atoms with Crippen LogP contribution in [0, 0.1) is 0 Å². The van der Waals surface area contributed by atoms with E-state index in [2.05, 4.69) is 15.3 Å². The Morgan fingerprint density at radius 1 is 1.07 bits per heavy atom. The van der Waals surface area contributed by atoms with Gasteiger partial charge in [0.1, 0.15) is 12.4 Å². The van der Waals surface area contributed by atoms with E-state index in [0.717, 1.165) is 27.5 Å². The first-order valence-electron chi connectivity index (χ1n) is 8.84. The van der Waals surface area contributed by atoms with Crippen LogP contribution in [0.2, 0.25) is 0 Å². The first-order valence-corrected chi connectivity index (χ1v) is 10.1. The van der Waals surface area contributed by atoms with Crippen molar-refractivity contribution < 1.29 is 9.53 Å². The van der Waals surface area contributed by atoms with Crippen LogP contribution in [0.5, 0.6) is 5.75 Å². The van der Waals surface area contributed by atoms with E-state index in [0.29, 0.717) is 17.9 Å². The van der Waals surface area contributed by atoms with Crippen molar-refractivity contribution in [1.29, 1.82) is 0 Å². The van der Waals surface area contributed by atoms with Crippen LogP contribution in [0.4, 0.5) is 5.69 Å². The molecule has 0 spiro atoms. The summed E-state index contributed by atoms with van der Waals surface area (Å²) in [7, 11) is 0. The SMILES string of the molecule is CSc1nc2ccc(NC(=O)c3ccccc3COc3ccccc3)cc2[nH]1.Cl. The summed E-state index contributed by atoms with van der Waals surface area (Å²) in [6.07, 6.45) is 1.97. The van der Waals surface area contributed by atoms with Gasteiger partial charge in [0.25, 0.3) is 5.91 Å². The number of benzene rings is 3. The van der Waals surface area contributed by atoms with Crippen molar-refractivity contribution in [2.24, 2.45) is 0 Å². The minimum Gasteiger partial charge on any atom is -0.489 e. The number of thioether (sulfide) groups is 1. The third-order valence-corrected chi connectivity index (χ3v) is 4.89. The number of amides is 1. The Hall–Kier alpha value is -2.96. The quantitative estimate of drug-likeness (QED) is 0.398. The standard InChI is InChI=1S/C22H19N3O2S.ClH/c1-28-22-24-19-12-11-16(13-20(19)25-22)23-21(26)18-10-6-5-7-15(18)14-27-17-8-3-2-4-9-17;/h2-13H,14H2,1H3,(H,23,26)(H,24,25);1H. The van der Waals surface area contributed by atoms with Crippen LogP contribution in [-0.2, 0) is 6.61 Å². The first kappa shape index (κ1) is 20.8. The Bertz CT molecular complexity index is 1120. The van der Waals surface area contributed by atoms with Gasteiger partial charge in [0, 0.05) is 16.8 Å². The number of carbonyl (C=O) groups excluding carboxylic acids is 1. The fraction of sp³-hybridized carbons (Fsp3) is 0.0909. The number of rotatable bonds is 6. The summed E-state index contributed by atoms with van der Waals surface area (Å²) in [5, 5.41) is 3.82. The molecular formula is C22H20ClN3O2S. The van der Waals surface area contributed by atoms with Crippen molar-refractivity contribution in [2.75, 3.05) is 11.6 Å². The highest BCUT2D eigenvalue weighted by Crippen LogP contribution is 2.22. The van der Waals surface area contributed by atoms with Gasteiger partial charge in [0.05, 0.1) is 11.0 Å². The molecule has 4 aromatic rings. The molecule has 0 atom stereocenters. The number of fused-ring (bicyclic) bond motifs is 1. The van der Waals surface area contributed by atoms with E-state index in [9.17, 15) is 4.79 Å². The molecule has 0 aliphatic rings. The van der Waals surface area contributed by atoms with E-state index in [1.807, 2.05) is 73.0 Å². The average Bonchev–Trinajstić information content (AvgIpc) is 3.16. The monoisotopic (exact) mass is 425 g/mol. The Labute approximate surface area is 179 Å². The third kappa shape index (κ3) is 4.91. The number of ether oxygens (including phenoxy) is 1. The number of aromatic amines is 1. The molecule has 0 aliphatic heterocycles. The van der Waals surface area contributed by atoms with Gasteiger partial charge in [0.15, 0.2) is 5.16 Å². The molecule has 0 aliphatic carbocycles. The summed E-state index contributed by atoms with van der Waals surface area (Å²) in [6, 6.07) is 22.7. The van der Waals surface area contributed by atoms with Gasteiger partial charge in [-0.25, -0.2) is 4.98 Å². The van der Waals surface area contributed by atoms with Gasteiger partial charge in [-0.15, -0.1) is 12.4 Å². The van der Waals surface area contributed by atoms with E-state index in [-0.39, 0.29) is 18.3 Å². The zero-order chi connectivity index (χ0) is 19.3. The van der Waals surface area contributed by atoms with Crippen LogP contribution in [0.1, 0.15) is 15.9 Å². The lowest BCUT2D eigenvalue weighted by molar-refractivity contribution is 0.102. The number of halogens is 1. The molecule has 0 bridgehead atoms. The topological polar surface area (TPSA) is 67.0 Å². The van der Waals surface area contributed by atoms with Crippen LogP contribution in [0.15, 0.2) is 78.0 Å². The Kier molecular flexibility index (Phi) is 6.80. The molecule has 5 nitrogen and oxygen atoms in total. The molecule has 0 unspecified atom stereocenters. The lowest BCUT2D eigenvalue weighted by Crippen LogP contribution is -2.15. The number of nitrogens with zero attached hydrogens (tertiary/aromatic N) is 1. The molecule has 2 N–H and O–H groups in total. The fourth-order valence-corrected chi connectivity index (χ4v) is 3.31. The molecule has 1 aromatic heterocycles. The van der Waals surface area contributed by atoms with E-state index in [4.69, 9.17) is 4.74 Å². The first-order chi connectivity index (χ1) is 13.7. The molecule has 1 heterocycles. The third-order valence-electron chi connectivity index (χ3n) is 4.31. The predicted octanol–water partition coefficient (Wildman–Crippen LogP) is 5.54. The molecule has 0 fully saturated rings. The van der Waals surface area contributed by atoms with Crippen LogP contribution >= 0.6 is 24.2 Å². The van der Waals surface area contributed by atoms with Crippen LogP contribution in [0.25, 0.3) is 11.0 Å². The fourth-order valence-electron chi connectivity index (χ4n) is 2.90. The summed E-state index contributed by atoms with van der Waals surface area (Å²) in [4.78, 5) is 20.5. The lowest BCUT2D eigenvalue weighted by Gasteiger charge is -2.11. The summed E-state index contributed by atoms with van der Waals surface area (Å²) in [6.45, 7) is 0.324. The largest absolute Gasteiger partial charge is 0.489 e. The van der Waals surface area contributed by atoms with Gasteiger partial charge in [-0.05, 0) is 42.7 Å². The number of nitrogens with one attached hydrogen (secondary N) is 2. The minimum absolute atomic E-state index is 0. The highest BCUT2D eigenvalue weighted by Gasteiger charge is 2.12. The van der Waals surface area contributed by atoms with Crippen molar-refractivity contribution in [3.8, 4) is 5.75 Å². The molecule has 3 aromatic carbocycles. The number of anilines is 1. The molecule has 0 saturated carbocycles. The number of aromatic nitrogens is 2. The summed E-state index contributed by atoms with van der Waals surface area (Å²) in [5.41, 5.74) is 3.90. The highest BCUT2D eigenvalue weighted by atomic mass is 35.5. The Balaban J connectivity index is 0.00000240. The maximum absolute atomic E-state index is 12.8. The molecule has 0 saturated heterocycles. The molecule has 0 radical (unpaired) electrons. The smallest absolute Gasteiger partial charge is 0.256 e. The van der Waals surface area contributed by atoms with Crippen molar-refractivity contribution >= 4 is 46.8 Å². The zero-order valence-electron chi connectivity index (χ0n) is 15.7.